The van der Waals surface area contributed by atoms with E-state index in [2.05, 4.69) is 9.88 Å². The molecule has 2 N–H and O–H groups in total. The number of rotatable bonds is 6. The van der Waals surface area contributed by atoms with Crippen LogP contribution in [0.2, 0.25) is 0 Å². The number of nitrogens with zero attached hydrogens (tertiary/aromatic N) is 4. The molecule has 2 aliphatic heterocycles. The van der Waals surface area contributed by atoms with E-state index in [-0.39, 0.29) is 17.6 Å². The van der Waals surface area contributed by atoms with Crippen LogP contribution in [0.1, 0.15) is 31.0 Å². The number of aromatic nitrogens is 1. The number of benzene rings is 1. The molecule has 1 fully saturated rings. The Bertz CT molecular complexity index is 966. The molecule has 1 aromatic heterocycles. The van der Waals surface area contributed by atoms with Gasteiger partial charge in [0.05, 0.1) is 10.9 Å². The van der Waals surface area contributed by atoms with Gasteiger partial charge in [0.2, 0.25) is 0 Å². The highest BCUT2D eigenvalue weighted by Crippen LogP contribution is 2.42. The molecule has 2 aliphatic rings. The van der Waals surface area contributed by atoms with Crippen LogP contribution in [-0.4, -0.2) is 50.2 Å². The van der Waals surface area contributed by atoms with Crippen molar-refractivity contribution in [2.75, 3.05) is 13.1 Å². The molecule has 30 heavy (non-hydrogen) atoms. The van der Waals surface area contributed by atoms with Gasteiger partial charge in [0, 0.05) is 37.7 Å². The number of carbonyl (C=O) groups is 2. The molecule has 0 aliphatic carbocycles. The van der Waals surface area contributed by atoms with Gasteiger partial charge in [-0.05, 0) is 31.0 Å². The Morgan fingerprint density at radius 3 is 2.67 bits per heavy atom. The molecule has 2 atom stereocenters. The monoisotopic (exact) mass is 423 g/mol. The molecule has 4 rings (SSSR count). The van der Waals surface area contributed by atoms with E-state index >= 15 is 0 Å². The van der Waals surface area contributed by atoms with Gasteiger partial charge in [-0.1, -0.05) is 48.2 Å². The molecular formula is C22H25N5O2S. The number of amides is 3. The normalized spacial score (nSPS) is 20.3. The van der Waals surface area contributed by atoms with Gasteiger partial charge in [-0.3, -0.25) is 14.7 Å². The number of primary amides is 1. The molecule has 0 bridgehead atoms. The number of urea groups is 1. The lowest BCUT2D eigenvalue weighted by atomic mass is 10.1. The lowest BCUT2D eigenvalue weighted by Gasteiger charge is -2.34. The molecule has 156 valence electrons. The zero-order chi connectivity index (χ0) is 21.3. The van der Waals surface area contributed by atoms with E-state index in [1.54, 1.807) is 12.4 Å². The fraction of sp³-hybridized carbons (Fsp3) is 0.318. The van der Waals surface area contributed by atoms with Gasteiger partial charge in [0.25, 0.3) is 5.91 Å². The van der Waals surface area contributed by atoms with Crippen molar-refractivity contribution in [2.24, 2.45) is 5.73 Å². The van der Waals surface area contributed by atoms with E-state index in [1.165, 1.54) is 11.8 Å². The highest BCUT2D eigenvalue weighted by Gasteiger charge is 2.43. The van der Waals surface area contributed by atoms with E-state index in [9.17, 15) is 9.59 Å². The van der Waals surface area contributed by atoms with Crippen LogP contribution in [-0.2, 0) is 11.3 Å². The summed E-state index contributed by atoms with van der Waals surface area (Å²) in [5, 5.41) is 0. The fourth-order valence-corrected chi connectivity index (χ4v) is 5.25. The predicted octanol–water partition coefficient (Wildman–Crippen LogP) is 3.13. The maximum Gasteiger partial charge on any atom is 0.322 e. The van der Waals surface area contributed by atoms with Gasteiger partial charge < -0.3 is 15.5 Å². The number of nitrogens with two attached hydrogens (primary N) is 1. The Morgan fingerprint density at radius 2 is 2.00 bits per heavy atom. The molecule has 0 radical (unpaired) electrons. The summed E-state index contributed by atoms with van der Waals surface area (Å²) in [6.07, 6.45) is 3.52. The quantitative estimate of drug-likeness (QED) is 0.772. The lowest BCUT2D eigenvalue weighted by molar-refractivity contribution is -0.114. The largest absolute Gasteiger partial charge is 0.365 e. The standard InChI is InChI=1S/C22H25N5O2S/c1-15(18-8-4-3-5-9-18)25-11-12-26(21(25)29)22-27(14-17-7-6-10-24-13-17)16(2)19(30-22)20(23)28/h3-10,13,15,22H,11-12,14H2,1-2H3,(H2,23,28). The first kappa shape index (κ1) is 20.3. The van der Waals surface area contributed by atoms with Crippen molar-refractivity contribution >= 4 is 23.7 Å². The minimum Gasteiger partial charge on any atom is -0.365 e. The SMILES string of the molecule is CC1=C(C(N)=O)SC(N2CCN(C(C)c3ccccc3)C2=O)N1Cc1cccnc1. The predicted molar refractivity (Wildman–Crippen MR) is 117 cm³/mol. The maximum atomic E-state index is 13.4. The molecule has 0 saturated carbocycles. The van der Waals surface area contributed by atoms with Crippen molar-refractivity contribution in [3.05, 3.63) is 76.6 Å². The number of allylic oxidation sites excluding steroid dienone is 1. The zero-order valence-corrected chi connectivity index (χ0v) is 17.9. The molecule has 3 heterocycles. The summed E-state index contributed by atoms with van der Waals surface area (Å²) in [6, 6.07) is 13.8. The summed E-state index contributed by atoms with van der Waals surface area (Å²) in [5.41, 5.74) is 8.22. The van der Waals surface area contributed by atoms with Gasteiger partial charge in [-0.15, -0.1) is 0 Å². The number of pyridine rings is 1. The van der Waals surface area contributed by atoms with Crippen LogP contribution in [0.15, 0.2) is 65.5 Å². The fourth-order valence-electron chi connectivity index (χ4n) is 3.95. The molecule has 3 amide bonds. The van der Waals surface area contributed by atoms with Crippen LogP contribution in [0.5, 0.6) is 0 Å². The second-order valence-corrected chi connectivity index (χ2v) is 8.53. The molecular weight excluding hydrogens is 398 g/mol. The summed E-state index contributed by atoms with van der Waals surface area (Å²) < 4.78 is 0. The Labute approximate surface area is 180 Å². The third kappa shape index (κ3) is 3.75. The summed E-state index contributed by atoms with van der Waals surface area (Å²) in [7, 11) is 0. The van der Waals surface area contributed by atoms with E-state index < -0.39 is 5.91 Å². The zero-order valence-electron chi connectivity index (χ0n) is 17.1. The molecule has 2 aromatic rings. The summed E-state index contributed by atoms with van der Waals surface area (Å²) in [6.45, 7) is 5.71. The Morgan fingerprint density at radius 1 is 1.23 bits per heavy atom. The van der Waals surface area contributed by atoms with E-state index in [0.29, 0.717) is 24.5 Å². The average Bonchev–Trinajstić information content (AvgIpc) is 3.29. The summed E-state index contributed by atoms with van der Waals surface area (Å²) in [4.78, 5) is 35.8. The molecule has 7 nitrogen and oxygen atoms in total. The number of hydrogen-bond donors (Lipinski definition) is 1. The van der Waals surface area contributed by atoms with Crippen LogP contribution in [0, 0.1) is 0 Å². The van der Waals surface area contributed by atoms with Crippen LogP contribution >= 0.6 is 11.8 Å². The number of thioether (sulfide) groups is 1. The van der Waals surface area contributed by atoms with Crippen molar-refractivity contribution in [1.82, 2.24) is 19.7 Å². The van der Waals surface area contributed by atoms with Crippen LogP contribution < -0.4 is 5.73 Å². The molecule has 0 spiro atoms. The smallest absolute Gasteiger partial charge is 0.322 e. The Balaban J connectivity index is 1.57. The second kappa shape index (κ2) is 8.39. The first-order valence-corrected chi connectivity index (χ1v) is 10.8. The maximum absolute atomic E-state index is 13.4. The molecule has 1 saturated heterocycles. The molecule has 2 unspecified atom stereocenters. The van der Waals surface area contributed by atoms with Crippen molar-refractivity contribution in [3.8, 4) is 0 Å². The lowest BCUT2D eigenvalue weighted by Crippen LogP contribution is -2.45. The van der Waals surface area contributed by atoms with Crippen LogP contribution in [0.3, 0.4) is 0 Å². The first-order valence-electron chi connectivity index (χ1n) is 9.92. The van der Waals surface area contributed by atoms with Crippen molar-refractivity contribution in [2.45, 2.75) is 31.9 Å². The molecule has 8 heteroatoms. The van der Waals surface area contributed by atoms with Gasteiger partial charge in [0.1, 0.15) is 0 Å². The number of carbonyl (C=O) groups excluding carboxylic acids is 2. The van der Waals surface area contributed by atoms with Gasteiger partial charge in [0.15, 0.2) is 5.50 Å². The minimum absolute atomic E-state index is 0.0217. The second-order valence-electron chi connectivity index (χ2n) is 7.47. The van der Waals surface area contributed by atoms with Gasteiger partial charge in [-0.2, -0.15) is 0 Å². The summed E-state index contributed by atoms with van der Waals surface area (Å²) in [5.74, 6) is -0.461. The highest BCUT2D eigenvalue weighted by molar-refractivity contribution is 8.04. The van der Waals surface area contributed by atoms with Crippen molar-refractivity contribution in [1.29, 1.82) is 0 Å². The third-order valence-electron chi connectivity index (χ3n) is 5.64. The first-order chi connectivity index (χ1) is 14.5. The third-order valence-corrected chi connectivity index (χ3v) is 7.09. The van der Waals surface area contributed by atoms with E-state index in [4.69, 9.17) is 5.73 Å². The summed E-state index contributed by atoms with van der Waals surface area (Å²) >= 11 is 1.35. The van der Waals surface area contributed by atoms with Crippen LogP contribution in [0.4, 0.5) is 4.79 Å². The van der Waals surface area contributed by atoms with Crippen molar-refractivity contribution in [3.63, 3.8) is 0 Å². The highest BCUT2D eigenvalue weighted by atomic mass is 32.2. The van der Waals surface area contributed by atoms with E-state index in [0.717, 1.165) is 16.8 Å². The van der Waals surface area contributed by atoms with Crippen molar-refractivity contribution < 1.29 is 9.59 Å². The average molecular weight is 424 g/mol. The minimum atomic E-state index is -0.461. The molecule has 1 aromatic carbocycles. The topological polar surface area (TPSA) is 82.8 Å². The van der Waals surface area contributed by atoms with Crippen LogP contribution in [0.25, 0.3) is 0 Å². The van der Waals surface area contributed by atoms with E-state index in [1.807, 2.05) is 66.1 Å². The van der Waals surface area contributed by atoms with Gasteiger partial charge >= 0.3 is 6.03 Å². The Kier molecular flexibility index (Phi) is 5.67. The van der Waals surface area contributed by atoms with Gasteiger partial charge in [-0.25, -0.2) is 4.79 Å². The number of hydrogen-bond acceptors (Lipinski definition) is 5. The Hall–Kier alpha value is -3.00.